The molecule has 0 radical (unpaired) electrons. The lowest BCUT2D eigenvalue weighted by molar-refractivity contribution is 0.170. The normalized spacial score (nSPS) is 25.3. The van der Waals surface area contributed by atoms with Gasteiger partial charge in [-0.15, -0.1) is 0 Å². The molecular formula is C16H34N2. The van der Waals surface area contributed by atoms with Gasteiger partial charge >= 0.3 is 0 Å². The lowest BCUT2D eigenvalue weighted by Crippen LogP contribution is -2.47. The van der Waals surface area contributed by atoms with Crippen LogP contribution < -0.4 is 5.32 Å². The van der Waals surface area contributed by atoms with Crippen LogP contribution in [0, 0.1) is 17.8 Å². The van der Waals surface area contributed by atoms with E-state index in [0.717, 1.165) is 23.8 Å². The monoisotopic (exact) mass is 254 g/mol. The van der Waals surface area contributed by atoms with Crippen molar-refractivity contribution in [1.29, 1.82) is 0 Å². The lowest BCUT2D eigenvalue weighted by Gasteiger charge is -2.35. The Labute approximate surface area is 115 Å². The first-order valence-electron chi connectivity index (χ1n) is 7.97. The van der Waals surface area contributed by atoms with Crippen molar-refractivity contribution in [1.82, 2.24) is 10.2 Å². The maximum atomic E-state index is 3.72. The molecule has 0 aromatic heterocycles. The fourth-order valence-corrected chi connectivity index (χ4v) is 3.17. The third kappa shape index (κ3) is 6.19. The van der Waals surface area contributed by atoms with Crippen LogP contribution in [0.5, 0.6) is 0 Å². The molecular weight excluding hydrogens is 220 g/mol. The smallest absolute Gasteiger partial charge is 0.0197 e. The zero-order valence-corrected chi connectivity index (χ0v) is 13.2. The Morgan fingerprint density at radius 3 is 2.22 bits per heavy atom. The Bertz CT molecular complexity index is 203. The van der Waals surface area contributed by atoms with Gasteiger partial charge in [-0.1, -0.05) is 41.0 Å². The number of hydrogen-bond acceptors (Lipinski definition) is 2. The van der Waals surface area contributed by atoms with Gasteiger partial charge in [-0.25, -0.2) is 0 Å². The van der Waals surface area contributed by atoms with Crippen molar-refractivity contribution in [3.63, 3.8) is 0 Å². The minimum atomic E-state index is 0.723. The van der Waals surface area contributed by atoms with E-state index in [1.165, 1.54) is 45.4 Å². The van der Waals surface area contributed by atoms with Gasteiger partial charge in [-0.05, 0) is 37.1 Å². The first kappa shape index (κ1) is 16.0. The molecule has 1 aliphatic heterocycles. The van der Waals surface area contributed by atoms with Crippen molar-refractivity contribution in [2.45, 2.75) is 59.9 Å². The second-order valence-electron chi connectivity index (χ2n) is 6.96. The quantitative estimate of drug-likeness (QED) is 0.749. The number of nitrogens with one attached hydrogen (secondary N) is 1. The van der Waals surface area contributed by atoms with Gasteiger partial charge in [0.15, 0.2) is 0 Å². The van der Waals surface area contributed by atoms with Gasteiger partial charge in [-0.3, -0.25) is 0 Å². The first-order valence-corrected chi connectivity index (χ1v) is 7.97. The van der Waals surface area contributed by atoms with E-state index in [1.54, 1.807) is 0 Å². The van der Waals surface area contributed by atoms with Crippen LogP contribution in [0.4, 0.5) is 0 Å². The SMILES string of the molecule is CCC1CCNC(CN(CC(C)C)CC(C)C)C1. The summed E-state index contributed by atoms with van der Waals surface area (Å²) in [4.78, 5) is 2.67. The molecule has 1 aliphatic rings. The van der Waals surface area contributed by atoms with E-state index < -0.39 is 0 Å². The molecule has 0 spiro atoms. The fourth-order valence-electron chi connectivity index (χ4n) is 3.17. The predicted octanol–water partition coefficient (Wildman–Crippen LogP) is 3.38. The second kappa shape index (κ2) is 8.16. The van der Waals surface area contributed by atoms with Crippen molar-refractivity contribution in [3.8, 4) is 0 Å². The number of nitrogens with zero attached hydrogens (tertiary/aromatic N) is 1. The standard InChI is InChI=1S/C16H34N2/c1-6-15-7-8-17-16(9-15)12-18(10-13(2)3)11-14(4)5/h13-17H,6-12H2,1-5H3. The molecule has 0 saturated carbocycles. The van der Waals surface area contributed by atoms with Crippen molar-refractivity contribution in [2.24, 2.45) is 17.8 Å². The molecule has 0 aromatic rings. The molecule has 108 valence electrons. The van der Waals surface area contributed by atoms with Gasteiger partial charge in [0, 0.05) is 25.7 Å². The van der Waals surface area contributed by atoms with Gasteiger partial charge in [0.05, 0.1) is 0 Å². The van der Waals surface area contributed by atoms with Crippen LogP contribution in [0.1, 0.15) is 53.9 Å². The highest BCUT2D eigenvalue weighted by molar-refractivity contribution is 4.81. The van der Waals surface area contributed by atoms with Gasteiger partial charge < -0.3 is 10.2 Å². The molecule has 2 heteroatoms. The average molecular weight is 254 g/mol. The van der Waals surface area contributed by atoms with E-state index in [2.05, 4.69) is 44.8 Å². The Balaban J connectivity index is 2.43. The molecule has 2 atom stereocenters. The van der Waals surface area contributed by atoms with E-state index in [-0.39, 0.29) is 0 Å². The summed E-state index contributed by atoms with van der Waals surface area (Å²) >= 11 is 0. The third-order valence-electron chi connectivity index (χ3n) is 3.91. The highest BCUT2D eigenvalue weighted by atomic mass is 15.2. The highest BCUT2D eigenvalue weighted by Gasteiger charge is 2.22. The van der Waals surface area contributed by atoms with Crippen molar-refractivity contribution >= 4 is 0 Å². The molecule has 0 amide bonds. The maximum absolute atomic E-state index is 3.72. The van der Waals surface area contributed by atoms with E-state index in [4.69, 9.17) is 0 Å². The summed E-state index contributed by atoms with van der Waals surface area (Å²) in [7, 11) is 0. The summed E-state index contributed by atoms with van der Waals surface area (Å²) in [6.45, 7) is 16.6. The van der Waals surface area contributed by atoms with E-state index >= 15 is 0 Å². The summed E-state index contributed by atoms with van der Waals surface area (Å²) in [5, 5.41) is 3.72. The molecule has 0 aromatic carbocycles. The molecule has 0 aliphatic carbocycles. The van der Waals surface area contributed by atoms with Gasteiger partial charge in [0.2, 0.25) is 0 Å². The van der Waals surface area contributed by atoms with Gasteiger partial charge in [-0.2, -0.15) is 0 Å². The molecule has 2 unspecified atom stereocenters. The summed E-state index contributed by atoms with van der Waals surface area (Å²) in [6.07, 6.45) is 4.11. The Morgan fingerprint density at radius 2 is 1.72 bits per heavy atom. The molecule has 1 heterocycles. The van der Waals surface area contributed by atoms with Crippen LogP contribution in [-0.2, 0) is 0 Å². The minimum Gasteiger partial charge on any atom is -0.313 e. The summed E-state index contributed by atoms with van der Waals surface area (Å²) in [6, 6.07) is 0.723. The Morgan fingerprint density at radius 1 is 1.11 bits per heavy atom. The third-order valence-corrected chi connectivity index (χ3v) is 3.91. The van der Waals surface area contributed by atoms with Crippen LogP contribution in [0.25, 0.3) is 0 Å². The molecule has 18 heavy (non-hydrogen) atoms. The van der Waals surface area contributed by atoms with Crippen molar-refractivity contribution < 1.29 is 0 Å². The largest absolute Gasteiger partial charge is 0.313 e. The second-order valence-corrected chi connectivity index (χ2v) is 6.96. The zero-order valence-electron chi connectivity index (χ0n) is 13.2. The summed E-state index contributed by atoms with van der Waals surface area (Å²) in [5.74, 6) is 2.50. The Hall–Kier alpha value is -0.0800. The average Bonchev–Trinajstić information content (AvgIpc) is 2.27. The van der Waals surface area contributed by atoms with Crippen LogP contribution in [0.2, 0.25) is 0 Å². The zero-order chi connectivity index (χ0) is 13.5. The number of hydrogen-bond donors (Lipinski definition) is 1. The predicted molar refractivity (Wildman–Crippen MR) is 80.9 cm³/mol. The fraction of sp³-hybridized carbons (Fsp3) is 1.00. The number of rotatable bonds is 7. The lowest BCUT2D eigenvalue weighted by atomic mass is 9.90. The van der Waals surface area contributed by atoms with Gasteiger partial charge in [0.25, 0.3) is 0 Å². The molecule has 2 nitrogen and oxygen atoms in total. The van der Waals surface area contributed by atoms with Crippen molar-refractivity contribution in [2.75, 3.05) is 26.2 Å². The van der Waals surface area contributed by atoms with Crippen molar-refractivity contribution in [3.05, 3.63) is 0 Å². The summed E-state index contributed by atoms with van der Waals surface area (Å²) < 4.78 is 0. The van der Waals surface area contributed by atoms with E-state index in [0.29, 0.717) is 0 Å². The maximum Gasteiger partial charge on any atom is 0.0197 e. The molecule has 1 N–H and O–H groups in total. The van der Waals surface area contributed by atoms with Gasteiger partial charge in [0.1, 0.15) is 0 Å². The molecule has 1 rings (SSSR count). The highest BCUT2D eigenvalue weighted by Crippen LogP contribution is 2.20. The first-order chi connectivity index (χ1) is 8.51. The summed E-state index contributed by atoms with van der Waals surface area (Å²) in [5.41, 5.74) is 0. The molecule has 1 saturated heterocycles. The van der Waals surface area contributed by atoms with E-state index in [9.17, 15) is 0 Å². The van der Waals surface area contributed by atoms with Crippen LogP contribution in [0.3, 0.4) is 0 Å². The minimum absolute atomic E-state index is 0.723. The van der Waals surface area contributed by atoms with Crippen LogP contribution in [0.15, 0.2) is 0 Å². The topological polar surface area (TPSA) is 15.3 Å². The molecule has 0 bridgehead atoms. The Kier molecular flexibility index (Phi) is 7.25. The van der Waals surface area contributed by atoms with E-state index in [1.807, 2.05) is 0 Å². The molecule has 1 fully saturated rings. The number of piperidine rings is 1. The van der Waals surface area contributed by atoms with Crippen LogP contribution in [-0.4, -0.2) is 37.1 Å². The van der Waals surface area contributed by atoms with Crippen LogP contribution >= 0.6 is 0 Å².